The van der Waals surface area contributed by atoms with Crippen LogP contribution in [0.1, 0.15) is 0 Å². The third kappa shape index (κ3) is 4.35. The van der Waals surface area contributed by atoms with E-state index < -0.39 is 0 Å². The van der Waals surface area contributed by atoms with Crippen LogP contribution in [0.3, 0.4) is 0 Å². The summed E-state index contributed by atoms with van der Waals surface area (Å²) < 4.78 is 14.8. The molecule has 0 aliphatic heterocycles. The number of aromatic nitrogens is 2. The van der Waals surface area contributed by atoms with Crippen molar-refractivity contribution in [1.82, 2.24) is 9.97 Å². The summed E-state index contributed by atoms with van der Waals surface area (Å²) in [6.45, 7) is 0. The molecule has 6 aromatic carbocycles. The number of oxazole rings is 1. The van der Waals surface area contributed by atoms with E-state index in [0.717, 1.165) is 80.9 Å². The number of hydrogen-bond acceptors (Lipinski definition) is 6. The molecule has 0 spiro atoms. The van der Waals surface area contributed by atoms with Crippen LogP contribution in [0.15, 0.2) is 147 Å². The van der Waals surface area contributed by atoms with Gasteiger partial charge in [0.15, 0.2) is 5.58 Å². The van der Waals surface area contributed by atoms with Gasteiger partial charge in [-0.25, -0.2) is 9.97 Å². The first-order valence-electron chi connectivity index (χ1n) is 14.5. The number of hydrogen-bond donors (Lipinski definition) is 0. The predicted octanol–water partition coefficient (Wildman–Crippen LogP) is 11.9. The summed E-state index contributed by atoms with van der Waals surface area (Å²) in [6, 6.07) is 45.3. The monoisotopic (exact) mass is 663 g/mol. The average Bonchev–Trinajstić information content (AvgIpc) is 3.81. The number of nitrogens with zero attached hydrogens (tertiary/aromatic N) is 3. The second-order valence-electron chi connectivity index (χ2n) is 10.7. The standard InChI is InChI=1S/C38H22BrN3O2S/c39-27-14-8-13-26-35-31(18-9-20-33(35)43-36(26)27)42(24-11-7-10-23(22-24)38-41-29-16-3-6-21-34(29)45-38)30-17-4-1-12-25(30)37-40-28-15-2-5-19-32(28)44-37/h1-22H. The fourth-order valence-electron chi connectivity index (χ4n) is 6.00. The summed E-state index contributed by atoms with van der Waals surface area (Å²) in [5.41, 5.74) is 9.01. The number of para-hydroxylation sites is 5. The SMILES string of the molecule is Brc1cccc2c1oc1cccc(N(c3cccc(-c4nc5ccccc5s4)c3)c3ccccc3-c3nc4ccccc4o3)c12. The molecule has 0 fully saturated rings. The Labute approximate surface area is 270 Å². The predicted molar refractivity (Wildman–Crippen MR) is 188 cm³/mol. The molecule has 0 saturated carbocycles. The molecule has 0 unspecified atom stereocenters. The van der Waals surface area contributed by atoms with Crippen LogP contribution >= 0.6 is 27.3 Å². The van der Waals surface area contributed by atoms with Crippen molar-refractivity contribution >= 4 is 87.6 Å². The van der Waals surface area contributed by atoms with Crippen LogP contribution in [-0.4, -0.2) is 9.97 Å². The Morgan fingerprint density at radius 3 is 2.29 bits per heavy atom. The van der Waals surface area contributed by atoms with Crippen molar-refractivity contribution in [3.8, 4) is 22.0 Å². The number of benzene rings is 6. The largest absolute Gasteiger partial charge is 0.455 e. The Kier molecular flexibility index (Phi) is 6.07. The summed E-state index contributed by atoms with van der Waals surface area (Å²) in [5, 5.41) is 3.02. The van der Waals surface area contributed by atoms with E-state index in [4.69, 9.17) is 18.8 Å². The number of anilines is 3. The minimum atomic E-state index is 0.561. The number of halogens is 1. The van der Waals surface area contributed by atoms with Crippen molar-refractivity contribution in [2.75, 3.05) is 4.90 Å². The van der Waals surface area contributed by atoms with Crippen molar-refractivity contribution in [1.29, 1.82) is 0 Å². The number of thiazole rings is 1. The lowest BCUT2D eigenvalue weighted by molar-refractivity contribution is 0.620. The zero-order valence-corrected chi connectivity index (χ0v) is 26.0. The summed E-state index contributed by atoms with van der Waals surface area (Å²) in [4.78, 5) is 12.1. The summed E-state index contributed by atoms with van der Waals surface area (Å²) in [5.74, 6) is 0.561. The molecule has 0 amide bonds. The fourth-order valence-corrected chi connectivity index (χ4v) is 7.41. The van der Waals surface area contributed by atoms with E-state index in [1.807, 2.05) is 60.7 Å². The summed E-state index contributed by atoms with van der Waals surface area (Å²) >= 11 is 5.40. The fraction of sp³-hybridized carbons (Fsp3) is 0. The first-order valence-corrected chi connectivity index (χ1v) is 16.1. The van der Waals surface area contributed by atoms with E-state index in [9.17, 15) is 0 Å². The Hall–Kier alpha value is -5.24. The highest BCUT2D eigenvalue weighted by atomic mass is 79.9. The van der Waals surface area contributed by atoms with Gasteiger partial charge in [-0.2, -0.15) is 0 Å². The normalized spacial score (nSPS) is 11.7. The van der Waals surface area contributed by atoms with E-state index in [1.54, 1.807) is 11.3 Å². The average molecular weight is 665 g/mol. The van der Waals surface area contributed by atoms with E-state index in [2.05, 4.69) is 93.6 Å². The summed E-state index contributed by atoms with van der Waals surface area (Å²) in [7, 11) is 0. The van der Waals surface area contributed by atoms with Gasteiger partial charge in [0, 0.05) is 16.6 Å². The molecule has 5 nitrogen and oxygen atoms in total. The van der Waals surface area contributed by atoms with Gasteiger partial charge in [-0.3, -0.25) is 0 Å². The van der Waals surface area contributed by atoms with Crippen molar-refractivity contribution < 1.29 is 8.83 Å². The number of fused-ring (bicyclic) bond motifs is 5. The van der Waals surface area contributed by atoms with Gasteiger partial charge in [0.1, 0.15) is 21.7 Å². The maximum atomic E-state index is 6.41. The minimum Gasteiger partial charge on any atom is -0.455 e. The van der Waals surface area contributed by atoms with Crippen molar-refractivity contribution in [3.63, 3.8) is 0 Å². The third-order valence-corrected chi connectivity index (χ3v) is 9.72. The molecule has 3 heterocycles. The molecule has 214 valence electrons. The molecule has 3 aromatic heterocycles. The number of rotatable bonds is 5. The molecule has 0 bridgehead atoms. The lowest BCUT2D eigenvalue weighted by Gasteiger charge is -2.28. The zero-order valence-electron chi connectivity index (χ0n) is 23.6. The van der Waals surface area contributed by atoms with Gasteiger partial charge in [0.05, 0.1) is 37.0 Å². The second-order valence-corrected chi connectivity index (χ2v) is 12.6. The van der Waals surface area contributed by atoms with Crippen LogP contribution in [0.5, 0.6) is 0 Å². The van der Waals surface area contributed by atoms with Crippen LogP contribution in [0.2, 0.25) is 0 Å². The van der Waals surface area contributed by atoms with E-state index >= 15 is 0 Å². The molecule has 0 atom stereocenters. The Balaban J connectivity index is 1.32. The van der Waals surface area contributed by atoms with Crippen LogP contribution in [0, 0.1) is 0 Å². The molecule has 0 saturated heterocycles. The highest BCUT2D eigenvalue weighted by Gasteiger charge is 2.24. The Bertz CT molecular complexity index is 2480. The second kappa shape index (κ2) is 10.4. The topological polar surface area (TPSA) is 55.3 Å². The minimum absolute atomic E-state index is 0.561. The quantitative estimate of drug-likeness (QED) is 0.183. The highest BCUT2D eigenvalue weighted by molar-refractivity contribution is 9.10. The van der Waals surface area contributed by atoms with Crippen LogP contribution in [0.4, 0.5) is 17.1 Å². The van der Waals surface area contributed by atoms with E-state index in [1.165, 1.54) is 0 Å². The first kappa shape index (κ1) is 26.2. The van der Waals surface area contributed by atoms with Gasteiger partial charge in [0.2, 0.25) is 5.89 Å². The molecular formula is C38H22BrN3O2S. The van der Waals surface area contributed by atoms with Crippen molar-refractivity contribution in [3.05, 3.63) is 138 Å². The van der Waals surface area contributed by atoms with Crippen LogP contribution < -0.4 is 4.90 Å². The third-order valence-electron chi connectivity index (χ3n) is 8.01. The molecule has 7 heteroatoms. The van der Waals surface area contributed by atoms with Gasteiger partial charge in [0.25, 0.3) is 0 Å². The van der Waals surface area contributed by atoms with Crippen LogP contribution in [-0.2, 0) is 0 Å². The number of furan rings is 1. The van der Waals surface area contributed by atoms with Crippen LogP contribution in [0.25, 0.3) is 65.3 Å². The first-order chi connectivity index (χ1) is 22.2. The molecular weight excluding hydrogens is 642 g/mol. The lowest BCUT2D eigenvalue weighted by atomic mass is 10.0. The van der Waals surface area contributed by atoms with Crippen molar-refractivity contribution in [2.24, 2.45) is 0 Å². The van der Waals surface area contributed by atoms with Gasteiger partial charge in [-0.05, 0) is 82.7 Å². The van der Waals surface area contributed by atoms with Gasteiger partial charge in [-0.15, -0.1) is 11.3 Å². The molecule has 9 aromatic rings. The zero-order chi connectivity index (χ0) is 29.9. The molecule has 0 N–H and O–H groups in total. The Morgan fingerprint density at radius 2 is 1.38 bits per heavy atom. The highest BCUT2D eigenvalue weighted by Crippen LogP contribution is 2.47. The van der Waals surface area contributed by atoms with Gasteiger partial charge >= 0.3 is 0 Å². The van der Waals surface area contributed by atoms with Gasteiger partial charge < -0.3 is 13.7 Å². The molecule has 9 rings (SSSR count). The maximum absolute atomic E-state index is 6.41. The lowest BCUT2D eigenvalue weighted by Crippen LogP contribution is -2.11. The molecule has 0 aliphatic carbocycles. The van der Waals surface area contributed by atoms with E-state index in [-0.39, 0.29) is 0 Å². The summed E-state index contributed by atoms with van der Waals surface area (Å²) in [6.07, 6.45) is 0. The maximum Gasteiger partial charge on any atom is 0.229 e. The van der Waals surface area contributed by atoms with Crippen molar-refractivity contribution in [2.45, 2.75) is 0 Å². The van der Waals surface area contributed by atoms with Gasteiger partial charge in [-0.1, -0.05) is 66.7 Å². The molecule has 45 heavy (non-hydrogen) atoms. The smallest absolute Gasteiger partial charge is 0.229 e. The Morgan fingerprint density at radius 1 is 0.622 bits per heavy atom. The van der Waals surface area contributed by atoms with E-state index in [0.29, 0.717) is 5.89 Å². The molecule has 0 aliphatic rings. The molecule has 0 radical (unpaired) electrons.